The minimum atomic E-state index is -0.616. The highest BCUT2D eigenvalue weighted by Gasteiger charge is 2.26. The Morgan fingerprint density at radius 1 is 1.07 bits per heavy atom. The summed E-state index contributed by atoms with van der Waals surface area (Å²) < 4.78 is 10.8. The van der Waals surface area contributed by atoms with Gasteiger partial charge in [0.15, 0.2) is 11.5 Å². The van der Waals surface area contributed by atoms with E-state index >= 15 is 0 Å². The molecule has 0 radical (unpaired) electrons. The van der Waals surface area contributed by atoms with Crippen molar-refractivity contribution in [3.05, 3.63) is 58.6 Å². The number of nitrogens with zero attached hydrogens (tertiary/aromatic N) is 2. The van der Waals surface area contributed by atoms with Crippen LogP contribution in [0, 0.1) is 0 Å². The molecule has 8 heteroatoms. The Balaban J connectivity index is 1.27. The summed E-state index contributed by atoms with van der Waals surface area (Å²) in [6.45, 7) is 5.54. The van der Waals surface area contributed by atoms with Crippen LogP contribution in [-0.4, -0.2) is 60.6 Å². The Hall–Kier alpha value is -2.77. The van der Waals surface area contributed by atoms with Gasteiger partial charge in [0.2, 0.25) is 12.7 Å². The molecule has 1 N–H and O–H groups in total. The van der Waals surface area contributed by atoms with Crippen molar-refractivity contribution in [2.24, 2.45) is 0 Å². The number of carbonyl (C=O) groups excluding carboxylic acids is 2. The maximum atomic E-state index is 12.8. The number of hydrogen-bond acceptors (Lipinski definition) is 5. The summed E-state index contributed by atoms with van der Waals surface area (Å²) in [4.78, 5) is 29.3. The van der Waals surface area contributed by atoms with Gasteiger partial charge in [-0.2, -0.15) is 0 Å². The molecule has 0 saturated carbocycles. The molecule has 2 heterocycles. The van der Waals surface area contributed by atoms with Gasteiger partial charge in [0.25, 0.3) is 5.91 Å². The number of benzene rings is 2. The molecule has 0 bridgehead atoms. The van der Waals surface area contributed by atoms with E-state index in [1.165, 1.54) is 0 Å². The molecule has 1 fully saturated rings. The highest BCUT2D eigenvalue weighted by molar-refractivity contribution is 6.33. The molecule has 1 unspecified atom stereocenters. The first-order valence-corrected chi connectivity index (χ1v) is 10.3. The van der Waals surface area contributed by atoms with Gasteiger partial charge in [-0.15, -0.1) is 0 Å². The van der Waals surface area contributed by atoms with Crippen LogP contribution in [0.25, 0.3) is 0 Å². The molecule has 2 aliphatic rings. The van der Waals surface area contributed by atoms with Gasteiger partial charge in [-0.25, -0.2) is 0 Å². The zero-order valence-electron chi connectivity index (χ0n) is 16.8. The monoisotopic (exact) mass is 429 g/mol. The van der Waals surface area contributed by atoms with E-state index in [9.17, 15) is 9.59 Å². The first-order valence-electron chi connectivity index (χ1n) is 9.96. The molecule has 0 aromatic heterocycles. The summed E-state index contributed by atoms with van der Waals surface area (Å²) in [5.41, 5.74) is 1.52. The van der Waals surface area contributed by atoms with E-state index in [2.05, 4.69) is 10.2 Å². The van der Waals surface area contributed by atoms with Crippen LogP contribution in [0.2, 0.25) is 5.02 Å². The van der Waals surface area contributed by atoms with Crippen LogP contribution in [0.15, 0.2) is 42.5 Å². The first-order chi connectivity index (χ1) is 14.5. The van der Waals surface area contributed by atoms with E-state index in [0.29, 0.717) is 23.7 Å². The fourth-order valence-corrected chi connectivity index (χ4v) is 3.90. The number of fused-ring (bicyclic) bond motifs is 1. The molecule has 2 aromatic rings. The van der Waals surface area contributed by atoms with Gasteiger partial charge < -0.3 is 19.7 Å². The van der Waals surface area contributed by atoms with Gasteiger partial charge in [-0.3, -0.25) is 14.5 Å². The molecular weight excluding hydrogens is 406 g/mol. The van der Waals surface area contributed by atoms with Crippen molar-refractivity contribution >= 4 is 23.4 Å². The van der Waals surface area contributed by atoms with E-state index in [4.69, 9.17) is 21.1 Å². The highest BCUT2D eigenvalue weighted by atomic mass is 35.5. The number of amides is 2. The number of carbonyl (C=O) groups is 2. The number of piperazine rings is 1. The van der Waals surface area contributed by atoms with Crippen LogP contribution in [0.3, 0.4) is 0 Å². The standard InChI is InChI=1S/C22H24ClN3O4/c1-15(24-21(27)17-4-2-3-5-18(17)23)22(28)26-10-8-25(9-11-26)13-16-6-7-19-20(12-16)30-14-29-19/h2-7,12,15H,8-11,13-14H2,1H3,(H,24,27). The number of nitrogens with one attached hydrogen (secondary N) is 1. The molecule has 7 nitrogen and oxygen atoms in total. The molecule has 4 rings (SSSR count). The van der Waals surface area contributed by atoms with E-state index in [1.54, 1.807) is 36.1 Å². The number of hydrogen-bond donors (Lipinski definition) is 1. The van der Waals surface area contributed by atoms with Gasteiger partial charge in [-0.1, -0.05) is 29.8 Å². The van der Waals surface area contributed by atoms with E-state index in [0.717, 1.165) is 36.7 Å². The number of ether oxygens (including phenoxy) is 2. The zero-order chi connectivity index (χ0) is 21.1. The van der Waals surface area contributed by atoms with Crippen LogP contribution in [0.5, 0.6) is 11.5 Å². The number of halogens is 1. The zero-order valence-corrected chi connectivity index (χ0v) is 17.5. The Kier molecular flexibility index (Phi) is 6.11. The molecule has 2 aliphatic heterocycles. The second kappa shape index (κ2) is 8.93. The second-order valence-electron chi connectivity index (χ2n) is 7.46. The normalized spacial score (nSPS) is 16.9. The number of rotatable bonds is 5. The van der Waals surface area contributed by atoms with Crippen molar-refractivity contribution in [2.75, 3.05) is 33.0 Å². The van der Waals surface area contributed by atoms with E-state index in [1.807, 2.05) is 18.2 Å². The van der Waals surface area contributed by atoms with Crippen LogP contribution in [0.1, 0.15) is 22.8 Å². The lowest BCUT2D eigenvalue weighted by atomic mass is 10.1. The predicted molar refractivity (Wildman–Crippen MR) is 113 cm³/mol. The summed E-state index contributed by atoms with van der Waals surface area (Å²) in [6, 6.07) is 12.2. The molecule has 158 valence electrons. The first kappa shape index (κ1) is 20.5. The van der Waals surface area contributed by atoms with Crippen molar-refractivity contribution < 1.29 is 19.1 Å². The minimum Gasteiger partial charge on any atom is -0.454 e. The maximum absolute atomic E-state index is 12.8. The summed E-state index contributed by atoms with van der Waals surface area (Å²) >= 11 is 6.07. The molecule has 0 aliphatic carbocycles. The average Bonchev–Trinajstić information content (AvgIpc) is 3.22. The van der Waals surface area contributed by atoms with Crippen molar-refractivity contribution in [2.45, 2.75) is 19.5 Å². The van der Waals surface area contributed by atoms with Crippen molar-refractivity contribution in [3.8, 4) is 11.5 Å². The summed E-state index contributed by atoms with van der Waals surface area (Å²) in [5.74, 6) is 1.13. The third-order valence-corrected chi connectivity index (χ3v) is 5.69. The molecule has 0 spiro atoms. The molecule has 30 heavy (non-hydrogen) atoms. The van der Waals surface area contributed by atoms with Gasteiger partial charge >= 0.3 is 0 Å². The van der Waals surface area contributed by atoms with Crippen molar-refractivity contribution in [3.63, 3.8) is 0 Å². The lowest BCUT2D eigenvalue weighted by Crippen LogP contribution is -2.53. The summed E-state index contributed by atoms with van der Waals surface area (Å²) in [5, 5.41) is 3.12. The maximum Gasteiger partial charge on any atom is 0.253 e. The van der Waals surface area contributed by atoms with Crippen LogP contribution < -0.4 is 14.8 Å². The molecule has 2 aromatic carbocycles. The molecule has 1 atom stereocenters. The SMILES string of the molecule is CC(NC(=O)c1ccccc1Cl)C(=O)N1CCN(Cc2ccc3c(c2)OCO3)CC1. The summed E-state index contributed by atoms with van der Waals surface area (Å²) in [7, 11) is 0. The second-order valence-corrected chi connectivity index (χ2v) is 7.87. The van der Waals surface area contributed by atoms with Crippen LogP contribution >= 0.6 is 11.6 Å². The topological polar surface area (TPSA) is 71.1 Å². The average molecular weight is 430 g/mol. The third kappa shape index (κ3) is 4.52. The van der Waals surface area contributed by atoms with E-state index < -0.39 is 6.04 Å². The van der Waals surface area contributed by atoms with E-state index in [-0.39, 0.29) is 18.6 Å². The van der Waals surface area contributed by atoms with Crippen LogP contribution in [0.4, 0.5) is 0 Å². The minimum absolute atomic E-state index is 0.0851. The molecule has 1 saturated heterocycles. The fraction of sp³-hybridized carbons (Fsp3) is 0.364. The Morgan fingerprint density at radius 2 is 1.80 bits per heavy atom. The largest absolute Gasteiger partial charge is 0.454 e. The lowest BCUT2D eigenvalue weighted by molar-refractivity contribution is -0.134. The Labute approximate surface area is 180 Å². The van der Waals surface area contributed by atoms with Gasteiger partial charge in [0.05, 0.1) is 10.6 Å². The van der Waals surface area contributed by atoms with Crippen molar-refractivity contribution in [1.29, 1.82) is 0 Å². The fourth-order valence-electron chi connectivity index (χ4n) is 3.68. The molecular formula is C22H24ClN3O4. The van der Waals surface area contributed by atoms with Gasteiger partial charge in [-0.05, 0) is 36.8 Å². The van der Waals surface area contributed by atoms with Gasteiger partial charge in [0, 0.05) is 32.7 Å². The quantitative estimate of drug-likeness (QED) is 0.790. The van der Waals surface area contributed by atoms with Gasteiger partial charge in [0.1, 0.15) is 6.04 Å². The lowest BCUT2D eigenvalue weighted by Gasteiger charge is -2.36. The third-order valence-electron chi connectivity index (χ3n) is 5.36. The smallest absolute Gasteiger partial charge is 0.253 e. The highest BCUT2D eigenvalue weighted by Crippen LogP contribution is 2.32. The predicted octanol–water partition coefficient (Wildman–Crippen LogP) is 2.53. The Morgan fingerprint density at radius 3 is 2.57 bits per heavy atom. The van der Waals surface area contributed by atoms with Crippen molar-refractivity contribution in [1.82, 2.24) is 15.1 Å². The Bertz CT molecular complexity index is 944. The van der Waals surface area contributed by atoms with Crippen LogP contribution in [-0.2, 0) is 11.3 Å². The summed E-state index contributed by atoms with van der Waals surface area (Å²) in [6.07, 6.45) is 0. The molecule has 2 amide bonds.